The molecule has 8 heteroatoms. The van der Waals surface area contributed by atoms with E-state index in [9.17, 15) is 22.0 Å². The molecule has 0 bridgehead atoms. The van der Waals surface area contributed by atoms with Crippen molar-refractivity contribution < 1.29 is 22.0 Å². The molecular formula is C22H16F2N2O3S. The molecular weight excluding hydrogens is 410 g/mol. The predicted molar refractivity (Wildman–Crippen MR) is 106 cm³/mol. The summed E-state index contributed by atoms with van der Waals surface area (Å²) in [6, 6.07) is 10.6. The minimum atomic E-state index is -3.12. The van der Waals surface area contributed by atoms with Crippen LogP contribution in [-0.4, -0.2) is 19.3 Å². The van der Waals surface area contributed by atoms with Crippen LogP contribution < -0.4 is 5.32 Å². The highest BCUT2D eigenvalue weighted by atomic mass is 32.2. The summed E-state index contributed by atoms with van der Waals surface area (Å²) < 4.78 is 52.4. The van der Waals surface area contributed by atoms with Crippen molar-refractivity contribution in [2.75, 3.05) is 0 Å². The normalized spacial score (nSPS) is 16.3. The van der Waals surface area contributed by atoms with Gasteiger partial charge in [0.1, 0.15) is 11.6 Å². The van der Waals surface area contributed by atoms with Crippen LogP contribution in [0, 0.1) is 11.6 Å². The van der Waals surface area contributed by atoms with Crippen molar-refractivity contribution in [1.29, 1.82) is 0 Å². The quantitative estimate of drug-likeness (QED) is 0.697. The highest BCUT2D eigenvalue weighted by molar-refractivity contribution is 7.90. The first kappa shape index (κ1) is 18.9. The van der Waals surface area contributed by atoms with Crippen LogP contribution in [-0.2, 0) is 34.3 Å². The number of benzene rings is 2. The summed E-state index contributed by atoms with van der Waals surface area (Å²) in [7, 11) is -3.12. The molecule has 152 valence electrons. The van der Waals surface area contributed by atoms with Crippen LogP contribution in [0.2, 0.25) is 0 Å². The van der Waals surface area contributed by atoms with Gasteiger partial charge in [-0.15, -0.1) is 0 Å². The number of hydrogen-bond donors (Lipinski definition) is 1. The van der Waals surface area contributed by atoms with E-state index in [0.717, 1.165) is 28.8 Å². The number of amides is 1. The molecule has 3 heterocycles. The molecule has 0 radical (unpaired) electrons. The molecule has 2 aliphatic rings. The van der Waals surface area contributed by atoms with Crippen LogP contribution in [0.1, 0.15) is 38.3 Å². The molecule has 2 aliphatic heterocycles. The molecule has 0 saturated carbocycles. The van der Waals surface area contributed by atoms with Gasteiger partial charge in [-0.05, 0) is 46.9 Å². The topological polar surface area (TPSA) is 76.1 Å². The molecule has 0 atom stereocenters. The van der Waals surface area contributed by atoms with E-state index in [1.165, 1.54) is 12.1 Å². The fourth-order valence-corrected chi connectivity index (χ4v) is 5.73. The second-order valence-electron chi connectivity index (χ2n) is 7.58. The average molecular weight is 426 g/mol. The van der Waals surface area contributed by atoms with Gasteiger partial charge < -0.3 is 5.32 Å². The number of pyridine rings is 1. The van der Waals surface area contributed by atoms with Crippen molar-refractivity contribution in [2.45, 2.75) is 24.5 Å². The van der Waals surface area contributed by atoms with Gasteiger partial charge in [-0.25, -0.2) is 22.2 Å². The van der Waals surface area contributed by atoms with E-state index in [4.69, 9.17) is 0 Å². The second kappa shape index (κ2) is 6.70. The van der Waals surface area contributed by atoms with Crippen molar-refractivity contribution in [2.24, 2.45) is 0 Å². The van der Waals surface area contributed by atoms with Gasteiger partial charge in [0.25, 0.3) is 5.91 Å². The number of nitrogens with zero attached hydrogens (tertiary/aromatic N) is 1. The zero-order valence-electron chi connectivity index (χ0n) is 15.7. The molecule has 0 aliphatic carbocycles. The molecule has 0 spiro atoms. The maximum absolute atomic E-state index is 14.3. The third-order valence-corrected chi connectivity index (χ3v) is 6.96. The first-order chi connectivity index (χ1) is 14.3. The highest BCUT2D eigenvalue weighted by Gasteiger charge is 2.28. The molecule has 0 fully saturated rings. The van der Waals surface area contributed by atoms with E-state index >= 15 is 0 Å². The number of nitrogens with one attached hydrogen (secondary N) is 1. The molecule has 1 amide bonds. The molecule has 1 aromatic heterocycles. The van der Waals surface area contributed by atoms with Crippen molar-refractivity contribution >= 4 is 15.7 Å². The molecule has 5 nitrogen and oxygen atoms in total. The van der Waals surface area contributed by atoms with E-state index < -0.39 is 21.5 Å². The number of sulfone groups is 1. The van der Waals surface area contributed by atoms with Gasteiger partial charge in [0, 0.05) is 0 Å². The minimum Gasteiger partial charge on any atom is -0.346 e. The maximum Gasteiger partial charge on any atom is 0.253 e. The lowest BCUT2D eigenvalue weighted by Crippen LogP contribution is -2.14. The van der Waals surface area contributed by atoms with Crippen LogP contribution in [0.5, 0.6) is 0 Å². The summed E-state index contributed by atoms with van der Waals surface area (Å²) in [5, 5.41) is 2.70. The van der Waals surface area contributed by atoms with E-state index in [2.05, 4.69) is 10.3 Å². The lowest BCUT2D eigenvalue weighted by Gasteiger charge is -2.12. The van der Waals surface area contributed by atoms with Crippen LogP contribution >= 0.6 is 0 Å². The summed E-state index contributed by atoms with van der Waals surface area (Å²) in [5.74, 6) is -1.71. The molecule has 1 N–H and O–H groups in total. The average Bonchev–Trinajstić information content (AvgIpc) is 3.19. The van der Waals surface area contributed by atoms with Crippen molar-refractivity contribution in [3.8, 4) is 11.3 Å². The van der Waals surface area contributed by atoms with Gasteiger partial charge in [-0.1, -0.05) is 24.3 Å². The van der Waals surface area contributed by atoms with Gasteiger partial charge in [0.05, 0.1) is 40.6 Å². The Morgan fingerprint density at radius 3 is 2.47 bits per heavy atom. The number of rotatable bonds is 3. The fourth-order valence-electron chi connectivity index (χ4n) is 4.13. The monoisotopic (exact) mass is 426 g/mol. The Morgan fingerprint density at radius 1 is 0.967 bits per heavy atom. The SMILES string of the molecule is O=C1NCc2nc(-c3c(F)cccc3F)cc(Cc3ccc4c(c3)CS(=O)(=O)C4)c21. The van der Waals surface area contributed by atoms with Crippen LogP contribution in [0.25, 0.3) is 11.3 Å². The smallest absolute Gasteiger partial charge is 0.253 e. The number of carbonyl (C=O) groups is 1. The second-order valence-corrected chi connectivity index (χ2v) is 9.64. The standard InChI is InChI=1S/C22H16F2N2O3S/c23-16-2-1-3-17(24)21(16)18-8-14(20-19(26-18)9-25-22(20)27)6-12-4-5-13-10-30(28,29)11-15(13)7-12/h1-5,7-8H,6,9-11H2,(H,25,27). The summed E-state index contributed by atoms with van der Waals surface area (Å²) in [4.78, 5) is 16.7. The van der Waals surface area contributed by atoms with Crippen molar-refractivity contribution in [3.63, 3.8) is 0 Å². The Balaban J connectivity index is 1.61. The van der Waals surface area contributed by atoms with Crippen molar-refractivity contribution in [3.05, 3.63) is 87.6 Å². The van der Waals surface area contributed by atoms with Gasteiger partial charge >= 0.3 is 0 Å². The summed E-state index contributed by atoms with van der Waals surface area (Å²) in [5.41, 5.74) is 3.68. The highest BCUT2D eigenvalue weighted by Crippen LogP contribution is 2.31. The predicted octanol–water partition coefficient (Wildman–Crippen LogP) is 3.29. The number of aromatic nitrogens is 1. The number of fused-ring (bicyclic) bond motifs is 2. The largest absolute Gasteiger partial charge is 0.346 e. The van der Waals surface area contributed by atoms with Gasteiger partial charge in [0.2, 0.25) is 0 Å². The number of carbonyl (C=O) groups excluding carboxylic acids is 1. The first-order valence-electron chi connectivity index (χ1n) is 9.37. The summed E-state index contributed by atoms with van der Waals surface area (Å²) in [6.07, 6.45) is 0.314. The number of hydrogen-bond acceptors (Lipinski definition) is 4. The Bertz CT molecular complexity index is 1320. The first-order valence-corrected chi connectivity index (χ1v) is 11.2. The lowest BCUT2D eigenvalue weighted by atomic mass is 9.95. The molecule has 2 aromatic carbocycles. The van der Waals surface area contributed by atoms with Crippen LogP contribution in [0.4, 0.5) is 8.78 Å². The van der Waals surface area contributed by atoms with Crippen LogP contribution in [0.15, 0.2) is 42.5 Å². The Morgan fingerprint density at radius 2 is 1.70 bits per heavy atom. The Hall–Kier alpha value is -3.13. The third kappa shape index (κ3) is 3.17. The zero-order valence-corrected chi connectivity index (χ0v) is 16.5. The van der Waals surface area contributed by atoms with Crippen molar-refractivity contribution in [1.82, 2.24) is 10.3 Å². The molecule has 3 aromatic rings. The maximum atomic E-state index is 14.3. The number of halogens is 2. The minimum absolute atomic E-state index is 0.00317. The van der Waals surface area contributed by atoms with Gasteiger partial charge in [-0.3, -0.25) is 4.79 Å². The van der Waals surface area contributed by atoms with E-state index in [1.54, 1.807) is 6.07 Å². The Labute approximate surface area is 171 Å². The third-order valence-electron chi connectivity index (χ3n) is 5.45. The summed E-state index contributed by atoms with van der Waals surface area (Å²) in [6.45, 7) is 0.188. The molecule has 30 heavy (non-hydrogen) atoms. The van der Waals surface area contributed by atoms with E-state index in [0.29, 0.717) is 23.2 Å². The fraction of sp³-hybridized carbons (Fsp3) is 0.182. The molecule has 0 saturated heterocycles. The Kier molecular flexibility index (Phi) is 4.21. The molecule has 5 rings (SSSR count). The lowest BCUT2D eigenvalue weighted by molar-refractivity contribution is 0.0965. The zero-order chi connectivity index (χ0) is 21.0. The van der Waals surface area contributed by atoms with Crippen LogP contribution in [0.3, 0.4) is 0 Å². The van der Waals surface area contributed by atoms with Gasteiger partial charge in [0.15, 0.2) is 9.84 Å². The van der Waals surface area contributed by atoms with Gasteiger partial charge in [-0.2, -0.15) is 0 Å². The van der Waals surface area contributed by atoms with E-state index in [1.807, 2.05) is 12.1 Å². The van der Waals surface area contributed by atoms with E-state index in [-0.39, 0.29) is 35.2 Å². The summed E-state index contributed by atoms with van der Waals surface area (Å²) >= 11 is 0. The molecule has 0 unspecified atom stereocenters.